The molecule has 2 saturated carbocycles. The van der Waals surface area contributed by atoms with E-state index in [1.165, 1.54) is 146 Å². The molecule has 2 N–H and O–H groups in total. The van der Waals surface area contributed by atoms with Crippen LogP contribution in [-0.2, 0) is 4.53 Å². The summed E-state index contributed by atoms with van der Waals surface area (Å²) in [6.07, 6.45) is 28.6. The van der Waals surface area contributed by atoms with Crippen LogP contribution in [0.5, 0.6) is 0 Å². The van der Waals surface area contributed by atoms with Crippen molar-refractivity contribution in [1.82, 2.24) is 0 Å². The van der Waals surface area contributed by atoms with E-state index in [1.54, 1.807) is 0 Å². The van der Waals surface area contributed by atoms with E-state index in [9.17, 15) is 0 Å². The minimum atomic E-state index is -1.54. The zero-order valence-electron chi connectivity index (χ0n) is 33.1. The number of aliphatic hydroxyl groups excluding tert-OH is 1. The van der Waals surface area contributed by atoms with Gasteiger partial charge in [0.1, 0.15) is 7.38 Å². The second-order valence-corrected chi connectivity index (χ2v) is 24.8. The van der Waals surface area contributed by atoms with Crippen molar-refractivity contribution < 1.29 is 97.2 Å². The molecule has 0 aromatic carbocycles. The number of unbranched alkanes of at least 4 members (excludes halogenated alkanes) is 10. The van der Waals surface area contributed by atoms with Gasteiger partial charge in [-0.05, 0) is 76.5 Å². The Kier molecular flexibility index (Phi) is 50.0. The van der Waals surface area contributed by atoms with E-state index in [4.69, 9.17) is 22.2 Å². The first-order chi connectivity index (χ1) is 21.0. The maximum Gasteiger partial charge on any atom is 1.00 e. The summed E-state index contributed by atoms with van der Waals surface area (Å²) in [7, 11) is -2.80. The monoisotopic (exact) mass is 757 g/mol. The predicted molar refractivity (Wildman–Crippen MR) is 209 cm³/mol. The largest absolute Gasteiger partial charge is 1.00 e. The fraction of sp³-hybridized carbons (Fsp3) is 0.914. The van der Waals surface area contributed by atoms with Gasteiger partial charge in [-0.2, -0.15) is 11.1 Å². The third kappa shape index (κ3) is 46.4. The summed E-state index contributed by atoms with van der Waals surface area (Å²) in [5, 5.41) is 21.8. The van der Waals surface area contributed by atoms with Crippen LogP contribution in [0.15, 0.2) is 10.3 Å². The Hall–Kier alpha value is 2.35. The van der Waals surface area contributed by atoms with Crippen molar-refractivity contribution >= 4 is 55.8 Å². The molecule has 2 rings (SSSR count). The Morgan fingerprint density at radius 2 is 1.20 bits per heavy atom. The Morgan fingerprint density at radius 1 is 0.783 bits per heavy atom. The molecule has 0 amide bonds. The van der Waals surface area contributed by atoms with Crippen LogP contribution in [0, 0.1) is 0 Å². The number of halogens is 1. The summed E-state index contributed by atoms with van der Waals surface area (Å²) in [4.78, 5) is 0. The SMILES string of the molecule is C.CCCCCCCC[Si](C)(C)Cl.CCCCCCCC[Si](C)(C)ON=C1CCCCC1.ON=C1CCCCC1.[2H]OC[C-]=S.[H-].[K+].[Na+]. The van der Waals surface area contributed by atoms with Crippen LogP contribution >= 0.6 is 23.3 Å². The minimum Gasteiger partial charge on any atom is -1.00 e. The van der Waals surface area contributed by atoms with E-state index in [0.29, 0.717) is 0 Å². The quantitative estimate of drug-likeness (QED) is 0.0299. The van der Waals surface area contributed by atoms with Crippen LogP contribution in [0.3, 0.4) is 0 Å². The molecule has 2 aliphatic carbocycles. The first-order valence-electron chi connectivity index (χ1n) is 18.0. The molecular weight excluding hydrogens is 682 g/mol. The van der Waals surface area contributed by atoms with Crippen molar-refractivity contribution in [1.29, 1.82) is 1.43 Å². The van der Waals surface area contributed by atoms with Crippen LogP contribution in [0.1, 0.15) is 164 Å². The second-order valence-electron chi connectivity index (χ2n) is 13.3. The molecule has 2 fully saturated rings. The van der Waals surface area contributed by atoms with Gasteiger partial charge in [0.15, 0.2) is 0 Å². The summed E-state index contributed by atoms with van der Waals surface area (Å²) in [5.41, 5.74) is 2.30. The molecule has 0 saturated heterocycles. The van der Waals surface area contributed by atoms with Crippen LogP contribution in [0.4, 0.5) is 0 Å². The topological polar surface area (TPSA) is 74.4 Å². The van der Waals surface area contributed by atoms with Crippen molar-refractivity contribution in [2.75, 3.05) is 6.61 Å². The zero-order valence-corrected chi connectivity index (χ0v) is 39.8. The van der Waals surface area contributed by atoms with Gasteiger partial charge in [-0.1, -0.05) is 136 Å². The molecule has 0 unspecified atom stereocenters. The maximum atomic E-state index is 8.28. The van der Waals surface area contributed by atoms with Crippen molar-refractivity contribution in [3.05, 3.63) is 0 Å². The van der Waals surface area contributed by atoms with E-state index in [2.05, 4.69) is 73.0 Å². The van der Waals surface area contributed by atoms with E-state index in [0.717, 1.165) is 18.6 Å². The number of hydrogen-bond acceptors (Lipinski definition) is 6. The first kappa shape index (κ1) is 55.1. The first-order valence-corrected chi connectivity index (χ1v) is 25.3. The Labute approximate surface area is 367 Å². The summed E-state index contributed by atoms with van der Waals surface area (Å²) < 4.78 is 11.9. The third-order valence-corrected chi connectivity index (χ3v) is 12.1. The number of aliphatic hydroxyl groups is 1. The number of rotatable bonds is 18. The number of thiocarbonyl (C=S) groups is 1. The molecule has 2 aliphatic rings. The molecular formula is C35H75ClKN2NaO3SSi2. The summed E-state index contributed by atoms with van der Waals surface area (Å²) in [6, 6.07) is 2.55. The van der Waals surface area contributed by atoms with Crippen LogP contribution in [0.25, 0.3) is 0 Å². The second kappa shape index (κ2) is 41.8. The number of hydrogen-bond donors (Lipinski definition) is 2. The van der Waals surface area contributed by atoms with E-state index >= 15 is 0 Å². The molecule has 0 aliphatic heterocycles. The van der Waals surface area contributed by atoms with Crippen molar-refractivity contribution in [3.63, 3.8) is 0 Å². The van der Waals surface area contributed by atoms with Gasteiger partial charge < -0.3 is 33.9 Å². The standard InChI is InChI=1S/C16H33NOSi.C10H23ClSi.C6H11NO.C2H3OS.CH4.K.Na.H/c1-4-5-6-7-8-12-15-19(2,3)18-17-16-13-10-9-11-14-16;1-4-5-6-7-8-9-10-12(2,3)11;8-7-6-4-2-1-3-5-6;3-1-2-4;;;;/h4-15H2,1-3H3;4-10H2,1-3H3;8H,1-5H2;3H,1H2;1H4;;;/q;;;-1;;2*+1;-1/i;;;3D;;;;. The van der Waals surface area contributed by atoms with Crippen molar-refractivity contribution in [2.45, 2.75) is 201 Å². The summed E-state index contributed by atoms with van der Waals surface area (Å²) in [6.45, 7) is 13.7. The molecule has 0 heterocycles. The Balaban J connectivity index is -0.000000132. The summed E-state index contributed by atoms with van der Waals surface area (Å²) >= 11 is 10.4. The molecule has 11 heteroatoms. The molecule has 5 nitrogen and oxygen atoms in total. The van der Waals surface area contributed by atoms with Crippen LogP contribution in [0.2, 0.25) is 38.3 Å². The molecule has 0 atom stereocenters. The molecule has 0 aromatic heterocycles. The average molecular weight is 759 g/mol. The third-order valence-electron chi connectivity index (χ3n) is 7.74. The molecule has 0 aromatic rings. The maximum absolute atomic E-state index is 8.28. The van der Waals surface area contributed by atoms with Gasteiger partial charge in [0, 0.05) is 0 Å². The van der Waals surface area contributed by atoms with E-state index < -0.39 is 15.7 Å². The summed E-state index contributed by atoms with van der Waals surface area (Å²) in [5.74, 6) is 0. The van der Waals surface area contributed by atoms with Gasteiger partial charge >= 0.3 is 80.9 Å². The van der Waals surface area contributed by atoms with E-state index in [1.807, 2.05) is 0 Å². The molecule has 46 heavy (non-hydrogen) atoms. The number of nitrogens with zero attached hydrogens (tertiary/aromatic N) is 2. The van der Waals surface area contributed by atoms with Gasteiger partial charge in [-0.25, -0.2) is 0 Å². The van der Waals surface area contributed by atoms with Gasteiger partial charge in [0.05, 0.1) is 11.4 Å². The van der Waals surface area contributed by atoms with Crippen LogP contribution < -0.4 is 80.9 Å². The molecule has 0 radical (unpaired) electrons. The number of oxime groups is 2. The Morgan fingerprint density at radius 3 is 1.54 bits per heavy atom. The van der Waals surface area contributed by atoms with Gasteiger partial charge in [0.25, 0.3) is 8.32 Å². The van der Waals surface area contributed by atoms with Gasteiger partial charge in [0.2, 0.25) is 1.43 Å². The van der Waals surface area contributed by atoms with Crippen LogP contribution in [-0.4, -0.2) is 50.8 Å². The smallest absolute Gasteiger partial charge is 1.00 e. The minimum absolute atomic E-state index is 0. The molecule has 0 bridgehead atoms. The Bertz CT molecular complexity index is 714. The van der Waals surface area contributed by atoms with E-state index in [-0.39, 0.29) is 96.4 Å². The van der Waals surface area contributed by atoms with Gasteiger partial charge in [-0.15, -0.1) is 5.16 Å². The van der Waals surface area contributed by atoms with Crippen molar-refractivity contribution in [2.24, 2.45) is 10.3 Å². The predicted octanol–water partition coefficient (Wildman–Crippen LogP) is 7.07. The fourth-order valence-corrected chi connectivity index (χ4v) is 8.06. The molecule has 0 spiro atoms. The van der Waals surface area contributed by atoms with Gasteiger partial charge in [-0.3, -0.25) is 0 Å². The zero-order chi connectivity index (χ0) is 33.4. The molecule has 266 valence electrons. The normalized spacial score (nSPS) is 14.4. The fourth-order valence-electron chi connectivity index (χ4n) is 5.00. The van der Waals surface area contributed by atoms with Crippen molar-refractivity contribution in [3.8, 4) is 0 Å². The average Bonchev–Trinajstić information content (AvgIpc) is 3.01.